The van der Waals surface area contributed by atoms with Crippen LogP contribution in [0.1, 0.15) is 19.3 Å². The van der Waals surface area contributed by atoms with Crippen molar-refractivity contribution in [2.75, 3.05) is 6.61 Å². The molecule has 3 nitrogen and oxygen atoms in total. The number of hydrogen-bond acceptors (Lipinski definition) is 3. The smallest absolute Gasteiger partial charge is 0.124 e. The molecule has 2 N–H and O–H groups in total. The van der Waals surface area contributed by atoms with Crippen LogP contribution in [-0.2, 0) is 4.74 Å². The van der Waals surface area contributed by atoms with Crippen molar-refractivity contribution in [1.82, 2.24) is 0 Å². The van der Waals surface area contributed by atoms with Crippen LogP contribution in [0.5, 0.6) is 0 Å². The zero-order valence-corrected chi connectivity index (χ0v) is 6.44. The van der Waals surface area contributed by atoms with E-state index < -0.39 is 6.10 Å². The van der Waals surface area contributed by atoms with Crippen molar-refractivity contribution >= 4 is 0 Å². The normalized spacial score (nSPS) is 30.0. The highest BCUT2D eigenvalue weighted by molar-refractivity contribution is 4.88. The molecule has 1 aliphatic rings. The van der Waals surface area contributed by atoms with Gasteiger partial charge in [-0.15, -0.1) is 0 Å². The maximum Gasteiger partial charge on any atom is 0.124 e. The maximum atomic E-state index is 9.34. The summed E-state index contributed by atoms with van der Waals surface area (Å²) in [6, 6.07) is 0. The molecule has 0 amide bonds. The van der Waals surface area contributed by atoms with Gasteiger partial charge in [-0.25, -0.2) is 0 Å². The van der Waals surface area contributed by atoms with E-state index in [0.29, 0.717) is 12.8 Å². The molecule has 0 aliphatic carbocycles. The minimum atomic E-state index is -0.397. The van der Waals surface area contributed by atoms with Crippen LogP contribution >= 0.6 is 0 Å². The molecule has 0 saturated heterocycles. The average Bonchev–Trinajstić information content (AvgIpc) is 2.03. The van der Waals surface area contributed by atoms with E-state index >= 15 is 0 Å². The lowest BCUT2D eigenvalue weighted by Crippen LogP contribution is -2.29. The molecule has 1 heterocycles. The van der Waals surface area contributed by atoms with E-state index in [1.165, 1.54) is 0 Å². The van der Waals surface area contributed by atoms with Crippen LogP contribution in [-0.4, -0.2) is 29.0 Å². The number of aliphatic hydroxyl groups is 2. The Kier molecular flexibility index (Phi) is 3.39. The van der Waals surface area contributed by atoms with Gasteiger partial charge in [-0.1, -0.05) is 0 Å². The Morgan fingerprint density at radius 3 is 3.00 bits per heavy atom. The predicted molar refractivity (Wildman–Crippen MR) is 41.0 cm³/mol. The number of aliphatic hydroxyl groups excluding tert-OH is 2. The van der Waals surface area contributed by atoms with Gasteiger partial charge in [-0.05, 0) is 25.3 Å². The summed E-state index contributed by atoms with van der Waals surface area (Å²) in [6.07, 6.45) is 4.99. The first-order chi connectivity index (χ1) is 5.34. The molecule has 0 aromatic carbocycles. The Morgan fingerprint density at radius 1 is 1.55 bits per heavy atom. The van der Waals surface area contributed by atoms with E-state index in [4.69, 9.17) is 9.84 Å². The monoisotopic (exact) mass is 158 g/mol. The van der Waals surface area contributed by atoms with E-state index in [1.807, 2.05) is 0 Å². The summed E-state index contributed by atoms with van der Waals surface area (Å²) in [6.45, 7) is 0.163. The molecule has 0 aromatic rings. The van der Waals surface area contributed by atoms with Crippen molar-refractivity contribution in [3.8, 4) is 0 Å². The SMILES string of the molecule is OCCC[C@@H]1OC=CC[C@@H]1O. The molecule has 0 radical (unpaired) electrons. The average molecular weight is 158 g/mol. The Bertz CT molecular complexity index is 133. The fourth-order valence-corrected chi connectivity index (χ4v) is 1.15. The molecular formula is C8H14O3. The standard InChI is InChI=1S/C8H14O3/c9-5-1-4-8-7(10)3-2-6-11-8/h2,6-10H,1,3-5H2/t7-,8-/m0/s1. The molecule has 3 heteroatoms. The summed E-state index contributed by atoms with van der Waals surface area (Å²) in [5, 5.41) is 17.9. The van der Waals surface area contributed by atoms with Gasteiger partial charge in [0.1, 0.15) is 6.10 Å². The summed E-state index contributed by atoms with van der Waals surface area (Å²) in [5.74, 6) is 0. The first kappa shape index (κ1) is 8.56. The summed E-state index contributed by atoms with van der Waals surface area (Å²) < 4.78 is 5.15. The lowest BCUT2D eigenvalue weighted by molar-refractivity contribution is -0.00883. The molecule has 1 aliphatic heterocycles. The number of ether oxygens (including phenoxy) is 1. The van der Waals surface area contributed by atoms with E-state index in [0.717, 1.165) is 6.42 Å². The van der Waals surface area contributed by atoms with Gasteiger partial charge >= 0.3 is 0 Å². The van der Waals surface area contributed by atoms with Gasteiger partial charge in [0, 0.05) is 6.61 Å². The molecule has 0 fully saturated rings. The minimum Gasteiger partial charge on any atom is -0.496 e. The third-order valence-corrected chi connectivity index (χ3v) is 1.80. The largest absolute Gasteiger partial charge is 0.496 e. The van der Waals surface area contributed by atoms with Crippen LogP contribution in [0.15, 0.2) is 12.3 Å². The molecule has 1 rings (SSSR count). The summed E-state index contributed by atoms with van der Waals surface area (Å²) in [4.78, 5) is 0. The van der Waals surface area contributed by atoms with Crippen molar-refractivity contribution in [2.45, 2.75) is 31.5 Å². The molecular weight excluding hydrogens is 144 g/mol. The highest BCUT2D eigenvalue weighted by Crippen LogP contribution is 2.15. The minimum absolute atomic E-state index is 0.118. The van der Waals surface area contributed by atoms with Gasteiger partial charge in [-0.3, -0.25) is 0 Å². The zero-order chi connectivity index (χ0) is 8.10. The fourth-order valence-electron chi connectivity index (χ4n) is 1.15. The Balaban J connectivity index is 2.26. The molecule has 0 bridgehead atoms. The molecule has 0 saturated carbocycles. The number of hydrogen-bond donors (Lipinski definition) is 2. The van der Waals surface area contributed by atoms with Crippen molar-refractivity contribution in [3.05, 3.63) is 12.3 Å². The van der Waals surface area contributed by atoms with Crippen LogP contribution < -0.4 is 0 Å². The van der Waals surface area contributed by atoms with Gasteiger partial charge in [0.2, 0.25) is 0 Å². The summed E-state index contributed by atoms with van der Waals surface area (Å²) in [5.41, 5.74) is 0. The Labute approximate surface area is 66.3 Å². The molecule has 0 spiro atoms. The Hall–Kier alpha value is -0.540. The first-order valence-corrected chi connectivity index (χ1v) is 3.94. The van der Waals surface area contributed by atoms with Gasteiger partial charge < -0.3 is 14.9 Å². The summed E-state index contributed by atoms with van der Waals surface area (Å²) >= 11 is 0. The van der Waals surface area contributed by atoms with Crippen molar-refractivity contribution in [2.24, 2.45) is 0 Å². The highest BCUT2D eigenvalue weighted by Gasteiger charge is 2.20. The zero-order valence-electron chi connectivity index (χ0n) is 6.44. The van der Waals surface area contributed by atoms with Crippen molar-refractivity contribution in [1.29, 1.82) is 0 Å². The van der Waals surface area contributed by atoms with Crippen LogP contribution in [0.25, 0.3) is 0 Å². The van der Waals surface area contributed by atoms with Crippen LogP contribution in [0.3, 0.4) is 0 Å². The van der Waals surface area contributed by atoms with Crippen LogP contribution in [0, 0.1) is 0 Å². The molecule has 0 aromatic heterocycles. The first-order valence-electron chi connectivity index (χ1n) is 3.94. The van der Waals surface area contributed by atoms with Gasteiger partial charge in [0.25, 0.3) is 0 Å². The van der Waals surface area contributed by atoms with E-state index in [1.54, 1.807) is 12.3 Å². The van der Waals surface area contributed by atoms with Crippen molar-refractivity contribution < 1.29 is 14.9 Å². The molecule has 64 valence electrons. The molecule has 0 unspecified atom stereocenters. The second-order valence-electron chi connectivity index (χ2n) is 2.72. The van der Waals surface area contributed by atoms with Gasteiger partial charge in [0.05, 0.1) is 12.4 Å². The second-order valence-corrected chi connectivity index (χ2v) is 2.72. The van der Waals surface area contributed by atoms with Crippen LogP contribution in [0.4, 0.5) is 0 Å². The fraction of sp³-hybridized carbons (Fsp3) is 0.750. The molecule has 2 atom stereocenters. The second kappa shape index (κ2) is 4.36. The van der Waals surface area contributed by atoms with Gasteiger partial charge in [0.15, 0.2) is 0 Å². The van der Waals surface area contributed by atoms with E-state index in [9.17, 15) is 5.11 Å². The quantitative estimate of drug-likeness (QED) is 0.626. The number of rotatable bonds is 3. The van der Waals surface area contributed by atoms with Gasteiger partial charge in [-0.2, -0.15) is 0 Å². The van der Waals surface area contributed by atoms with E-state index in [2.05, 4.69) is 0 Å². The topological polar surface area (TPSA) is 49.7 Å². The summed E-state index contributed by atoms with van der Waals surface area (Å²) in [7, 11) is 0. The van der Waals surface area contributed by atoms with Crippen molar-refractivity contribution in [3.63, 3.8) is 0 Å². The predicted octanol–water partition coefficient (Wildman–Crippen LogP) is 0.422. The third kappa shape index (κ3) is 2.52. The third-order valence-electron chi connectivity index (χ3n) is 1.80. The lowest BCUT2D eigenvalue weighted by atomic mass is 10.0. The Morgan fingerprint density at radius 2 is 2.36 bits per heavy atom. The maximum absolute atomic E-state index is 9.34. The van der Waals surface area contributed by atoms with Crippen LogP contribution in [0.2, 0.25) is 0 Å². The van der Waals surface area contributed by atoms with E-state index in [-0.39, 0.29) is 12.7 Å². The molecule has 11 heavy (non-hydrogen) atoms. The lowest BCUT2D eigenvalue weighted by Gasteiger charge is -2.24. The highest BCUT2D eigenvalue weighted by atomic mass is 16.5.